The van der Waals surface area contributed by atoms with Gasteiger partial charge in [-0.05, 0) is 48.0 Å². The first kappa shape index (κ1) is 13.5. The smallest absolute Gasteiger partial charge is 0.246 e. The average molecular weight is 313 g/mol. The number of anilines is 1. The Bertz CT molecular complexity index is 439. The molecule has 1 aliphatic rings. The Morgan fingerprint density at radius 2 is 2.22 bits per heavy atom. The minimum Gasteiger partial charge on any atom is -0.394 e. The number of hydrogen-bond donors (Lipinski definition) is 2. The summed E-state index contributed by atoms with van der Waals surface area (Å²) in [5.74, 6) is -0.0746. The number of hydrogen-bond acceptors (Lipinski definition) is 3. The van der Waals surface area contributed by atoms with Crippen molar-refractivity contribution >= 4 is 27.5 Å². The monoisotopic (exact) mass is 312 g/mol. The lowest BCUT2D eigenvalue weighted by atomic mass is 10.1. The molecule has 2 unspecified atom stereocenters. The number of benzene rings is 1. The van der Waals surface area contributed by atoms with Crippen molar-refractivity contribution < 1.29 is 9.90 Å². The third-order valence-corrected chi connectivity index (χ3v) is 3.89. The van der Waals surface area contributed by atoms with Crippen LogP contribution in [0.2, 0.25) is 0 Å². The number of aliphatic hydroxyl groups is 1. The normalized spacial score (nSPS) is 25.1. The van der Waals surface area contributed by atoms with Crippen LogP contribution in [0.5, 0.6) is 0 Å². The van der Waals surface area contributed by atoms with E-state index in [-0.39, 0.29) is 18.6 Å². The number of halogens is 1. The van der Waals surface area contributed by atoms with Gasteiger partial charge in [-0.1, -0.05) is 12.1 Å². The summed E-state index contributed by atoms with van der Waals surface area (Å²) in [6, 6.07) is 7.26. The van der Waals surface area contributed by atoms with Crippen LogP contribution in [0, 0.1) is 0 Å². The van der Waals surface area contributed by atoms with E-state index in [2.05, 4.69) is 21.2 Å². The molecule has 2 N–H and O–H groups in total. The van der Waals surface area contributed by atoms with E-state index in [1.807, 2.05) is 31.2 Å². The minimum absolute atomic E-state index is 0.0746. The van der Waals surface area contributed by atoms with E-state index < -0.39 is 6.04 Å². The highest BCUT2D eigenvalue weighted by atomic mass is 79.9. The van der Waals surface area contributed by atoms with E-state index in [4.69, 9.17) is 0 Å². The van der Waals surface area contributed by atoms with Crippen LogP contribution in [0.3, 0.4) is 0 Å². The van der Waals surface area contributed by atoms with Crippen LogP contribution in [-0.2, 0) is 4.79 Å². The molecule has 0 bridgehead atoms. The average Bonchev–Trinajstić information content (AvgIpc) is 2.50. The van der Waals surface area contributed by atoms with E-state index in [0.29, 0.717) is 0 Å². The fraction of sp³-hybridized carbons (Fsp3) is 0.462. The minimum atomic E-state index is -0.512. The summed E-state index contributed by atoms with van der Waals surface area (Å²) in [5, 5.41) is 12.4. The van der Waals surface area contributed by atoms with Gasteiger partial charge >= 0.3 is 0 Å². The topological polar surface area (TPSA) is 52.6 Å². The first-order valence-electron chi connectivity index (χ1n) is 6.07. The number of carbonyl (C=O) groups is 1. The van der Waals surface area contributed by atoms with Gasteiger partial charge in [-0.3, -0.25) is 4.79 Å². The van der Waals surface area contributed by atoms with Gasteiger partial charge < -0.3 is 15.3 Å². The molecule has 2 atom stereocenters. The molecule has 0 spiro atoms. The van der Waals surface area contributed by atoms with Gasteiger partial charge in [-0.2, -0.15) is 0 Å². The number of nitrogens with one attached hydrogen (secondary N) is 1. The summed E-state index contributed by atoms with van der Waals surface area (Å²) in [5.41, 5.74) is 0.858. The second-order valence-corrected chi connectivity index (χ2v) is 5.34. The Balaban J connectivity index is 2.38. The molecule has 1 heterocycles. The molecule has 0 saturated carbocycles. The predicted molar refractivity (Wildman–Crippen MR) is 74.6 cm³/mol. The molecule has 5 heteroatoms. The van der Waals surface area contributed by atoms with E-state index in [1.165, 1.54) is 0 Å². The van der Waals surface area contributed by atoms with Crippen molar-refractivity contribution in [3.05, 3.63) is 28.7 Å². The largest absolute Gasteiger partial charge is 0.394 e. The van der Waals surface area contributed by atoms with Crippen LogP contribution >= 0.6 is 15.9 Å². The lowest BCUT2D eigenvalue weighted by Crippen LogP contribution is -2.48. The highest BCUT2D eigenvalue weighted by Crippen LogP contribution is 2.29. The predicted octanol–water partition coefficient (Wildman–Crippen LogP) is 1.52. The van der Waals surface area contributed by atoms with E-state index in [0.717, 1.165) is 23.1 Å². The molecule has 1 aromatic carbocycles. The molecule has 0 radical (unpaired) electrons. The van der Waals surface area contributed by atoms with Crippen molar-refractivity contribution in [2.24, 2.45) is 0 Å². The van der Waals surface area contributed by atoms with Crippen molar-refractivity contribution in [3.63, 3.8) is 0 Å². The maximum absolute atomic E-state index is 12.4. The van der Waals surface area contributed by atoms with Gasteiger partial charge in [-0.25, -0.2) is 0 Å². The van der Waals surface area contributed by atoms with E-state index >= 15 is 0 Å². The van der Waals surface area contributed by atoms with Crippen molar-refractivity contribution in [3.8, 4) is 0 Å². The summed E-state index contributed by atoms with van der Waals surface area (Å²) in [6.45, 7) is 2.59. The Labute approximate surface area is 115 Å². The van der Waals surface area contributed by atoms with Crippen LogP contribution in [0.4, 0.5) is 5.69 Å². The van der Waals surface area contributed by atoms with Gasteiger partial charge in [-0.15, -0.1) is 0 Å². The zero-order valence-electron chi connectivity index (χ0n) is 10.3. The van der Waals surface area contributed by atoms with Crippen molar-refractivity contribution in [2.75, 3.05) is 18.1 Å². The number of nitrogens with zero attached hydrogens (tertiary/aromatic N) is 1. The van der Waals surface area contributed by atoms with E-state index in [1.54, 1.807) is 4.90 Å². The van der Waals surface area contributed by atoms with Gasteiger partial charge in [0.1, 0.15) is 6.04 Å². The molecule has 4 nitrogen and oxygen atoms in total. The van der Waals surface area contributed by atoms with Crippen molar-refractivity contribution in [1.82, 2.24) is 5.32 Å². The zero-order chi connectivity index (χ0) is 13.1. The third-order valence-electron chi connectivity index (χ3n) is 3.22. The molecule has 1 amide bonds. The molecular weight excluding hydrogens is 296 g/mol. The van der Waals surface area contributed by atoms with Crippen LogP contribution in [-0.4, -0.2) is 36.2 Å². The van der Waals surface area contributed by atoms with Crippen LogP contribution in [0.1, 0.15) is 13.3 Å². The van der Waals surface area contributed by atoms with Crippen LogP contribution in [0.15, 0.2) is 28.7 Å². The first-order valence-corrected chi connectivity index (χ1v) is 6.86. The fourth-order valence-corrected chi connectivity index (χ4v) is 2.69. The first-order chi connectivity index (χ1) is 8.65. The number of rotatable bonds is 2. The maximum atomic E-state index is 12.4. The Kier molecular flexibility index (Phi) is 4.37. The van der Waals surface area contributed by atoms with Gasteiger partial charge in [0.15, 0.2) is 0 Å². The number of amides is 1. The van der Waals surface area contributed by atoms with Gasteiger partial charge in [0.25, 0.3) is 0 Å². The van der Waals surface area contributed by atoms with Gasteiger partial charge in [0, 0.05) is 10.5 Å². The number of aliphatic hydroxyl groups excluding tert-OH is 1. The van der Waals surface area contributed by atoms with Crippen LogP contribution in [0.25, 0.3) is 0 Å². The molecule has 1 aromatic rings. The highest BCUT2D eigenvalue weighted by Gasteiger charge is 2.31. The fourth-order valence-electron chi connectivity index (χ4n) is 2.21. The molecule has 1 saturated heterocycles. The number of para-hydroxylation sites is 1. The molecule has 98 valence electrons. The van der Waals surface area contributed by atoms with Crippen LogP contribution < -0.4 is 10.2 Å². The second-order valence-electron chi connectivity index (χ2n) is 4.49. The highest BCUT2D eigenvalue weighted by molar-refractivity contribution is 9.10. The lowest BCUT2D eigenvalue weighted by molar-refractivity contribution is -0.121. The SMILES string of the molecule is CC1CCNC(CO)C(=O)N1c1ccccc1Br. The summed E-state index contributed by atoms with van der Waals surface area (Å²) in [7, 11) is 0. The molecule has 0 aromatic heterocycles. The molecule has 1 fully saturated rings. The number of carbonyl (C=O) groups excluding carboxylic acids is 1. The molecule has 1 aliphatic heterocycles. The third kappa shape index (κ3) is 2.58. The van der Waals surface area contributed by atoms with Crippen molar-refractivity contribution in [1.29, 1.82) is 0 Å². The lowest BCUT2D eigenvalue weighted by Gasteiger charge is -2.29. The Morgan fingerprint density at radius 1 is 1.50 bits per heavy atom. The van der Waals surface area contributed by atoms with E-state index in [9.17, 15) is 9.90 Å². The molecule has 18 heavy (non-hydrogen) atoms. The van der Waals surface area contributed by atoms with Crippen molar-refractivity contribution in [2.45, 2.75) is 25.4 Å². The van der Waals surface area contributed by atoms with Gasteiger partial charge in [0.05, 0.1) is 12.3 Å². The maximum Gasteiger partial charge on any atom is 0.246 e. The summed E-state index contributed by atoms with van der Waals surface area (Å²) >= 11 is 3.48. The Morgan fingerprint density at radius 3 is 2.89 bits per heavy atom. The summed E-state index contributed by atoms with van der Waals surface area (Å²) in [4.78, 5) is 14.2. The Hall–Kier alpha value is -0.910. The summed E-state index contributed by atoms with van der Waals surface area (Å²) < 4.78 is 0.892. The quantitative estimate of drug-likeness (QED) is 0.870. The standard InChI is InChI=1S/C13H17BrN2O2/c1-9-6-7-15-11(8-17)13(18)16(9)12-5-3-2-4-10(12)14/h2-5,9,11,15,17H,6-8H2,1H3. The zero-order valence-corrected chi connectivity index (χ0v) is 11.9. The molecular formula is C13H17BrN2O2. The van der Waals surface area contributed by atoms with Gasteiger partial charge in [0.2, 0.25) is 5.91 Å². The molecule has 0 aliphatic carbocycles. The molecule has 2 rings (SSSR count). The second kappa shape index (κ2) is 5.82. The summed E-state index contributed by atoms with van der Waals surface area (Å²) in [6.07, 6.45) is 0.865.